The molecular weight excluding hydrogens is 360 g/mol. The molecule has 0 aliphatic rings. The van der Waals surface area contributed by atoms with Gasteiger partial charge in [-0.3, -0.25) is 4.79 Å². The summed E-state index contributed by atoms with van der Waals surface area (Å²) in [5.74, 6) is 0.620. The van der Waals surface area contributed by atoms with E-state index in [0.717, 1.165) is 4.90 Å². The lowest BCUT2D eigenvalue weighted by Gasteiger charge is -2.05. The van der Waals surface area contributed by atoms with Gasteiger partial charge in [-0.15, -0.1) is 0 Å². The van der Waals surface area contributed by atoms with Crippen molar-refractivity contribution in [2.24, 2.45) is 0 Å². The van der Waals surface area contributed by atoms with E-state index in [1.807, 2.05) is 36.4 Å². The van der Waals surface area contributed by atoms with Gasteiger partial charge in [0.05, 0.1) is 7.11 Å². The number of amides is 1. The predicted molar refractivity (Wildman–Crippen MR) is 104 cm³/mol. The predicted octanol–water partition coefficient (Wildman–Crippen LogP) is 4.99. The minimum atomic E-state index is -0.503. The lowest BCUT2D eigenvalue weighted by Crippen LogP contribution is -2.13. The molecule has 1 amide bonds. The lowest BCUT2D eigenvalue weighted by molar-refractivity contribution is -0.112. The van der Waals surface area contributed by atoms with Crippen LogP contribution in [0.3, 0.4) is 0 Å². The second-order valence-electron chi connectivity index (χ2n) is 5.42. The minimum absolute atomic E-state index is 0.0450. The van der Waals surface area contributed by atoms with E-state index in [9.17, 15) is 10.1 Å². The number of ether oxygens (including phenoxy) is 1. The number of nitriles is 1. The molecule has 1 heterocycles. The summed E-state index contributed by atoms with van der Waals surface area (Å²) in [4.78, 5) is 13.4. The number of nitrogens with zero attached hydrogens (tertiary/aromatic N) is 1. The van der Waals surface area contributed by atoms with Crippen LogP contribution in [0.25, 0.3) is 6.08 Å². The van der Waals surface area contributed by atoms with Gasteiger partial charge >= 0.3 is 0 Å². The van der Waals surface area contributed by atoms with Crippen molar-refractivity contribution in [3.05, 3.63) is 78.1 Å². The van der Waals surface area contributed by atoms with Crippen molar-refractivity contribution in [3.63, 3.8) is 0 Å². The first kappa shape index (κ1) is 18.4. The van der Waals surface area contributed by atoms with Crippen LogP contribution in [-0.4, -0.2) is 13.0 Å². The Kier molecular flexibility index (Phi) is 5.98. The molecule has 0 aliphatic carbocycles. The Morgan fingerprint density at radius 1 is 1.11 bits per heavy atom. The van der Waals surface area contributed by atoms with E-state index in [-0.39, 0.29) is 5.57 Å². The van der Waals surface area contributed by atoms with Crippen molar-refractivity contribution in [1.82, 2.24) is 0 Å². The first-order chi connectivity index (χ1) is 13.2. The largest absolute Gasteiger partial charge is 0.497 e. The maximum Gasteiger partial charge on any atom is 0.266 e. The van der Waals surface area contributed by atoms with Crippen molar-refractivity contribution < 1.29 is 13.9 Å². The average molecular weight is 376 g/mol. The van der Waals surface area contributed by atoms with Gasteiger partial charge < -0.3 is 14.5 Å². The highest BCUT2D eigenvalue weighted by atomic mass is 32.2. The average Bonchev–Trinajstić information content (AvgIpc) is 3.14. The van der Waals surface area contributed by atoms with E-state index in [1.165, 1.54) is 17.8 Å². The molecule has 1 N–H and O–H groups in total. The number of carbonyl (C=O) groups is 1. The fourth-order valence-corrected chi connectivity index (χ4v) is 3.03. The first-order valence-corrected chi connectivity index (χ1v) is 8.89. The Hall–Kier alpha value is -3.43. The minimum Gasteiger partial charge on any atom is -0.497 e. The summed E-state index contributed by atoms with van der Waals surface area (Å²) in [6, 6.07) is 22.1. The van der Waals surface area contributed by atoms with Crippen molar-refractivity contribution in [2.45, 2.75) is 9.99 Å². The molecule has 27 heavy (non-hydrogen) atoms. The van der Waals surface area contributed by atoms with Crippen LogP contribution >= 0.6 is 11.8 Å². The highest BCUT2D eigenvalue weighted by Crippen LogP contribution is 2.29. The third-order valence-electron chi connectivity index (χ3n) is 3.56. The quantitative estimate of drug-likeness (QED) is 0.485. The summed E-state index contributed by atoms with van der Waals surface area (Å²) in [5.41, 5.74) is 0.526. The van der Waals surface area contributed by atoms with E-state index < -0.39 is 5.91 Å². The maximum absolute atomic E-state index is 12.3. The molecule has 0 saturated carbocycles. The molecule has 0 aliphatic heterocycles. The van der Waals surface area contributed by atoms with Gasteiger partial charge in [-0.2, -0.15) is 5.26 Å². The van der Waals surface area contributed by atoms with Crippen LogP contribution in [0.2, 0.25) is 0 Å². The third kappa shape index (κ3) is 5.03. The molecule has 0 radical (unpaired) electrons. The highest BCUT2D eigenvalue weighted by molar-refractivity contribution is 7.99. The summed E-state index contributed by atoms with van der Waals surface area (Å²) in [6.07, 6.45) is 1.42. The molecule has 5 nitrogen and oxygen atoms in total. The fourth-order valence-electron chi connectivity index (χ4n) is 2.24. The Balaban J connectivity index is 1.70. The summed E-state index contributed by atoms with van der Waals surface area (Å²) in [7, 11) is 1.57. The van der Waals surface area contributed by atoms with E-state index >= 15 is 0 Å². The second-order valence-corrected chi connectivity index (χ2v) is 6.50. The normalized spacial score (nSPS) is 10.9. The summed E-state index contributed by atoms with van der Waals surface area (Å²) < 4.78 is 10.8. The number of carbonyl (C=O) groups excluding carboxylic acids is 1. The molecule has 0 bridgehead atoms. The molecule has 3 rings (SSSR count). The number of furan rings is 1. The molecule has 1 aromatic heterocycles. The van der Waals surface area contributed by atoms with Gasteiger partial charge in [0.2, 0.25) is 0 Å². The van der Waals surface area contributed by atoms with Crippen molar-refractivity contribution in [1.29, 1.82) is 5.26 Å². The van der Waals surface area contributed by atoms with Gasteiger partial charge in [0.1, 0.15) is 23.2 Å². The number of methoxy groups -OCH3 is 1. The maximum atomic E-state index is 12.3. The van der Waals surface area contributed by atoms with E-state index in [0.29, 0.717) is 22.3 Å². The molecule has 3 aromatic rings. The Morgan fingerprint density at radius 3 is 2.52 bits per heavy atom. The van der Waals surface area contributed by atoms with Gasteiger partial charge in [-0.1, -0.05) is 30.0 Å². The standard InChI is InChI=1S/C21H16N2O3S/c1-25-17-9-7-16(8-10-17)23-21(24)15(14-22)13-18-11-12-20(26-18)27-19-5-3-2-4-6-19/h2-13H,1H3,(H,23,24)/b15-13-. The molecule has 0 spiro atoms. The van der Waals surface area contributed by atoms with E-state index in [2.05, 4.69) is 5.32 Å². The topological polar surface area (TPSA) is 75.3 Å². The Morgan fingerprint density at radius 2 is 1.85 bits per heavy atom. The molecule has 2 aromatic carbocycles. The van der Waals surface area contributed by atoms with Crippen LogP contribution in [-0.2, 0) is 4.79 Å². The summed E-state index contributed by atoms with van der Waals surface area (Å²) >= 11 is 1.47. The summed E-state index contributed by atoms with van der Waals surface area (Å²) in [6.45, 7) is 0. The van der Waals surface area contributed by atoms with E-state index in [4.69, 9.17) is 9.15 Å². The molecule has 0 atom stereocenters. The van der Waals surface area contributed by atoms with Crippen LogP contribution in [0.4, 0.5) is 5.69 Å². The van der Waals surface area contributed by atoms with Crippen LogP contribution in [0.5, 0.6) is 5.75 Å². The van der Waals surface area contributed by atoms with Crippen LogP contribution in [0.1, 0.15) is 5.76 Å². The molecular formula is C21H16N2O3S. The fraction of sp³-hybridized carbons (Fsp3) is 0.0476. The number of rotatable bonds is 6. The molecule has 134 valence electrons. The van der Waals surface area contributed by atoms with E-state index in [1.54, 1.807) is 43.5 Å². The van der Waals surface area contributed by atoms with Gasteiger partial charge in [-0.25, -0.2) is 0 Å². The zero-order valence-corrected chi connectivity index (χ0v) is 15.3. The van der Waals surface area contributed by atoms with Gasteiger partial charge in [0.25, 0.3) is 5.91 Å². The number of nitrogens with one attached hydrogen (secondary N) is 1. The number of hydrogen-bond donors (Lipinski definition) is 1. The van der Waals surface area contributed by atoms with Gasteiger partial charge in [0, 0.05) is 16.7 Å². The van der Waals surface area contributed by atoms with Crippen LogP contribution in [0.15, 0.2) is 86.7 Å². The lowest BCUT2D eigenvalue weighted by atomic mass is 10.2. The number of anilines is 1. The Bertz CT molecular complexity index is 986. The van der Waals surface area contributed by atoms with Gasteiger partial charge in [-0.05, 0) is 48.5 Å². The zero-order chi connectivity index (χ0) is 19.1. The molecule has 0 saturated heterocycles. The number of benzene rings is 2. The van der Waals surface area contributed by atoms with Crippen molar-refractivity contribution in [2.75, 3.05) is 12.4 Å². The second kappa shape index (κ2) is 8.79. The van der Waals surface area contributed by atoms with Crippen molar-refractivity contribution in [3.8, 4) is 11.8 Å². The van der Waals surface area contributed by atoms with Crippen molar-refractivity contribution >= 4 is 29.4 Å². The number of hydrogen-bond acceptors (Lipinski definition) is 5. The zero-order valence-electron chi connectivity index (χ0n) is 14.5. The molecule has 0 fully saturated rings. The summed E-state index contributed by atoms with van der Waals surface area (Å²) in [5, 5.41) is 12.7. The van der Waals surface area contributed by atoms with Crippen LogP contribution in [0, 0.1) is 11.3 Å². The SMILES string of the molecule is COc1ccc(NC(=O)/C(C#N)=C\c2ccc(Sc3ccccc3)o2)cc1. The molecule has 0 unspecified atom stereocenters. The monoisotopic (exact) mass is 376 g/mol. The molecule has 6 heteroatoms. The third-order valence-corrected chi connectivity index (χ3v) is 4.49. The Labute approximate surface area is 161 Å². The van der Waals surface area contributed by atoms with Crippen LogP contribution < -0.4 is 10.1 Å². The first-order valence-electron chi connectivity index (χ1n) is 8.08. The smallest absolute Gasteiger partial charge is 0.266 e. The van der Waals surface area contributed by atoms with Gasteiger partial charge in [0.15, 0.2) is 5.09 Å². The highest BCUT2D eigenvalue weighted by Gasteiger charge is 2.11.